The molecule has 214 valence electrons. The molecule has 42 heavy (non-hydrogen) atoms. The van der Waals surface area contributed by atoms with Crippen molar-refractivity contribution in [1.82, 2.24) is 5.32 Å². The second-order valence-corrected chi connectivity index (χ2v) is 11.5. The number of carbonyl (C=O) groups is 3. The summed E-state index contributed by atoms with van der Waals surface area (Å²) in [5.41, 5.74) is 2.06. The molecular weight excluding hydrogens is 596 g/mol. The summed E-state index contributed by atoms with van der Waals surface area (Å²) in [6.45, 7) is 3.67. The summed E-state index contributed by atoms with van der Waals surface area (Å²) in [5.74, 6) is -2.05. The van der Waals surface area contributed by atoms with Crippen LogP contribution >= 0.6 is 35.0 Å². The zero-order chi connectivity index (χ0) is 30.2. The van der Waals surface area contributed by atoms with Gasteiger partial charge >= 0.3 is 0 Å². The second kappa shape index (κ2) is 14.2. The van der Waals surface area contributed by atoms with Crippen molar-refractivity contribution in [2.45, 2.75) is 24.0 Å². The number of anilines is 2. The van der Waals surface area contributed by atoms with Gasteiger partial charge in [-0.1, -0.05) is 53.5 Å². The molecule has 3 amide bonds. The SMILES string of the molecule is Cc1ccc(Cl)cc1NC(=O)C(C)Sc1ccc(NC(=O)/C(=C/c2c(F)cccc2Cl)NC(=O)c2ccccc2)cc1. The van der Waals surface area contributed by atoms with Gasteiger partial charge in [-0.25, -0.2) is 4.39 Å². The van der Waals surface area contributed by atoms with E-state index in [0.29, 0.717) is 22.0 Å². The van der Waals surface area contributed by atoms with Crippen LogP contribution in [-0.4, -0.2) is 23.0 Å². The molecule has 0 aliphatic carbocycles. The van der Waals surface area contributed by atoms with Crippen molar-refractivity contribution in [2.24, 2.45) is 0 Å². The molecule has 0 bridgehead atoms. The Morgan fingerprint density at radius 3 is 2.29 bits per heavy atom. The standard InChI is InChI=1S/C32H26Cl2FN3O3S/c1-19-11-12-22(33)17-28(19)37-30(39)20(2)42-24-15-13-23(14-16-24)36-32(41)29(18-25-26(34)9-6-10-27(25)35)38-31(40)21-7-4-3-5-8-21/h3-18,20H,1-2H3,(H,36,41)(H,37,39)(H,38,40)/b29-18-. The van der Waals surface area contributed by atoms with E-state index < -0.39 is 22.9 Å². The third kappa shape index (κ3) is 8.22. The molecule has 0 spiro atoms. The molecule has 6 nitrogen and oxygen atoms in total. The topological polar surface area (TPSA) is 87.3 Å². The third-order valence-corrected chi connectivity index (χ3v) is 7.75. The van der Waals surface area contributed by atoms with Gasteiger partial charge in [-0.2, -0.15) is 0 Å². The molecule has 0 aliphatic heterocycles. The number of hydrogen-bond donors (Lipinski definition) is 3. The number of halogens is 3. The largest absolute Gasteiger partial charge is 0.325 e. The minimum absolute atomic E-state index is 0.0374. The van der Waals surface area contributed by atoms with Crippen LogP contribution in [0.25, 0.3) is 6.08 Å². The van der Waals surface area contributed by atoms with Gasteiger partial charge in [0, 0.05) is 32.4 Å². The number of hydrogen-bond acceptors (Lipinski definition) is 4. The molecule has 1 atom stereocenters. The molecule has 4 aromatic rings. The van der Waals surface area contributed by atoms with E-state index in [9.17, 15) is 18.8 Å². The van der Waals surface area contributed by atoms with Gasteiger partial charge in [0.25, 0.3) is 11.8 Å². The molecular formula is C32H26Cl2FN3O3S. The first-order valence-electron chi connectivity index (χ1n) is 12.8. The quantitative estimate of drug-likeness (QED) is 0.131. The molecule has 0 saturated heterocycles. The Morgan fingerprint density at radius 1 is 0.881 bits per heavy atom. The maximum atomic E-state index is 14.5. The molecule has 4 aromatic carbocycles. The van der Waals surface area contributed by atoms with Crippen molar-refractivity contribution in [2.75, 3.05) is 10.6 Å². The van der Waals surface area contributed by atoms with Crippen LogP contribution in [0.4, 0.5) is 15.8 Å². The zero-order valence-corrected chi connectivity index (χ0v) is 24.9. The molecule has 3 N–H and O–H groups in total. The number of rotatable bonds is 9. The van der Waals surface area contributed by atoms with Crippen molar-refractivity contribution >= 4 is 70.1 Å². The summed E-state index contributed by atoms with van der Waals surface area (Å²) in [7, 11) is 0. The Kier molecular flexibility index (Phi) is 10.4. The van der Waals surface area contributed by atoms with E-state index >= 15 is 0 Å². The summed E-state index contributed by atoms with van der Waals surface area (Å²) in [6.07, 6.45) is 1.19. The van der Waals surface area contributed by atoms with E-state index in [1.54, 1.807) is 73.7 Å². The smallest absolute Gasteiger partial charge is 0.272 e. The Labute approximate surface area is 257 Å². The van der Waals surface area contributed by atoms with Crippen molar-refractivity contribution < 1.29 is 18.8 Å². The van der Waals surface area contributed by atoms with Gasteiger partial charge in [-0.15, -0.1) is 11.8 Å². The Hall–Kier alpha value is -4.11. The maximum absolute atomic E-state index is 14.5. The van der Waals surface area contributed by atoms with Gasteiger partial charge in [-0.05, 0) is 86.2 Å². The van der Waals surface area contributed by atoms with Crippen LogP contribution in [0, 0.1) is 12.7 Å². The molecule has 0 aliphatic rings. The van der Waals surface area contributed by atoms with E-state index in [1.807, 2.05) is 13.0 Å². The summed E-state index contributed by atoms with van der Waals surface area (Å²) in [4.78, 5) is 39.6. The summed E-state index contributed by atoms with van der Waals surface area (Å²) in [5, 5.41) is 8.37. The van der Waals surface area contributed by atoms with Crippen LogP contribution in [0.5, 0.6) is 0 Å². The zero-order valence-electron chi connectivity index (χ0n) is 22.6. The van der Waals surface area contributed by atoms with Gasteiger partial charge < -0.3 is 16.0 Å². The van der Waals surface area contributed by atoms with Gasteiger partial charge in [-0.3, -0.25) is 14.4 Å². The molecule has 0 fully saturated rings. The van der Waals surface area contributed by atoms with Crippen molar-refractivity contribution in [1.29, 1.82) is 0 Å². The first kappa shape index (κ1) is 30.8. The fraction of sp³-hybridized carbons (Fsp3) is 0.0938. The van der Waals surface area contributed by atoms with Crippen LogP contribution in [0.1, 0.15) is 28.4 Å². The predicted molar refractivity (Wildman–Crippen MR) is 169 cm³/mol. The van der Waals surface area contributed by atoms with Crippen LogP contribution in [-0.2, 0) is 9.59 Å². The van der Waals surface area contributed by atoms with Crippen LogP contribution in [0.2, 0.25) is 10.0 Å². The molecule has 10 heteroatoms. The number of thioether (sulfide) groups is 1. The lowest BCUT2D eigenvalue weighted by atomic mass is 10.1. The molecule has 4 rings (SSSR count). The van der Waals surface area contributed by atoms with Crippen LogP contribution < -0.4 is 16.0 Å². The van der Waals surface area contributed by atoms with Crippen LogP contribution in [0.3, 0.4) is 0 Å². The lowest BCUT2D eigenvalue weighted by Gasteiger charge is -2.15. The molecule has 0 aromatic heterocycles. The highest BCUT2D eigenvalue weighted by Crippen LogP contribution is 2.27. The third-order valence-electron chi connectivity index (χ3n) is 6.07. The van der Waals surface area contributed by atoms with E-state index in [0.717, 1.165) is 10.5 Å². The second-order valence-electron chi connectivity index (χ2n) is 9.20. The van der Waals surface area contributed by atoms with Crippen molar-refractivity contribution in [3.63, 3.8) is 0 Å². The van der Waals surface area contributed by atoms with E-state index in [1.165, 1.54) is 36.0 Å². The van der Waals surface area contributed by atoms with E-state index in [4.69, 9.17) is 23.2 Å². The Balaban J connectivity index is 1.46. The number of benzene rings is 4. The van der Waals surface area contributed by atoms with Crippen molar-refractivity contribution in [3.8, 4) is 0 Å². The monoisotopic (exact) mass is 621 g/mol. The average Bonchev–Trinajstić information content (AvgIpc) is 2.97. The minimum atomic E-state index is -0.677. The van der Waals surface area contributed by atoms with Gasteiger partial charge in [0.1, 0.15) is 11.5 Å². The summed E-state index contributed by atoms with van der Waals surface area (Å²) in [6, 6.07) is 24.6. The van der Waals surface area contributed by atoms with Gasteiger partial charge in [0.05, 0.1) is 10.3 Å². The average molecular weight is 623 g/mol. The summed E-state index contributed by atoms with van der Waals surface area (Å²) >= 11 is 13.6. The van der Waals surface area contributed by atoms with Gasteiger partial charge in [0.2, 0.25) is 5.91 Å². The normalized spacial score (nSPS) is 11.9. The fourth-order valence-electron chi connectivity index (χ4n) is 3.77. The van der Waals surface area contributed by atoms with Crippen molar-refractivity contribution in [3.05, 3.63) is 129 Å². The molecule has 1 unspecified atom stereocenters. The maximum Gasteiger partial charge on any atom is 0.272 e. The summed E-state index contributed by atoms with van der Waals surface area (Å²) < 4.78 is 14.5. The minimum Gasteiger partial charge on any atom is -0.325 e. The molecule has 0 heterocycles. The fourth-order valence-corrected chi connectivity index (χ4v) is 5.03. The Morgan fingerprint density at radius 2 is 1.60 bits per heavy atom. The highest BCUT2D eigenvalue weighted by molar-refractivity contribution is 8.00. The Bertz CT molecular complexity index is 1630. The number of amides is 3. The first-order chi connectivity index (χ1) is 20.1. The number of aryl methyl sites for hydroxylation is 1. The van der Waals surface area contributed by atoms with Gasteiger partial charge in [0.15, 0.2) is 0 Å². The first-order valence-corrected chi connectivity index (χ1v) is 14.4. The highest BCUT2D eigenvalue weighted by atomic mass is 35.5. The predicted octanol–water partition coefficient (Wildman–Crippen LogP) is 7.97. The number of carbonyl (C=O) groups excluding carboxylic acids is 3. The lowest BCUT2D eigenvalue weighted by Crippen LogP contribution is -2.30. The highest BCUT2D eigenvalue weighted by Gasteiger charge is 2.18. The molecule has 0 saturated carbocycles. The molecule has 0 radical (unpaired) electrons. The lowest BCUT2D eigenvalue weighted by molar-refractivity contribution is -0.115. The van der Waals surface area contributed by atoms with E-state index in [2.05, 4.69) is 16.0 Å². The van der Waals surface area contributed by atoms with Crippen LogP contribution in [0.15, 0.2) is 102 Å². The number of nitrogens with one attached hydrogen (secondary N) is 3. The van der Waals surface area contributed by atoms with E-state index in [-0.39, 0.29) is 22.2 Å².